The third-order valence-electron chi connectivity index (χ3n) is 5.68. The van der Waals surface area contributed by atoms with Crippen LogP contribution in [0.5, 0.6) is 0 Å². The van der Waals surface area contributed by atoms with Crippen molar-refractivity contribution in [2.24, 2.45) is 0 Å². The quantitative estimate of drug-likeness (QED) is 0.487. The van der Waals surface area contributed by atoms with E-state index in [0.717, 1.165) is 11.4 Å². The van der Waals surface area contributed by atoms with Gasteiger partial charge in [0.1, 0.15) is 17.5 Å². The molecule has 10 nitrogen and oxygen atoms in total. The van der Waals surface area contributed by atoms with Crippen molar-refractivity contribution < 1.29 is 13.9 Å². The highest BCUT2D eigenvalue weighted by molar-refractivity contribution is 8.24. The van der Waals surface area contributed by atoms with Crippen molar-refractivity contribution in [1.29, 1.82) is 5.26 Å². The summed E-state index contributed by atoms with van der Waals surface area (Å²) in [5.41, 5.74) is 3.43. The molecule has 1 aromatic carbocycles. The van der Waals surface area contributed by atoms with Crippen LogP contribution in [0.1, 0.15) is 18.2 Å². The zero-order valence-electron chi connectivity index (χ0n) is 18.6. The number of para-hydroxylation sites is 2. The Hall–Kier alpha value is -3.17. The van der Waals surface area contributed by atoms with Gasteiger partial charge in [0.05, 0.1) is 35.1 Å². The van der Waals surface area contributed by atoms with Crippen LogP contribution in [0.25, 0.3) is 5.57 Å². The van der Waals surface area contributed by atoms with Crippen LogP contribution < -0.4 is 15.5 Å². The van der Waals surface area contributed by atoms with Gasteiger partial charge in [-0.15, -0.1) is 0 Å². The Kier molecular flexibility index (Phi) is 6.53. The Morgan fingerprint density at radius 2 is 2.03 bits per heavy atom. The first-order valence-corrected chi connectivity index (χ1v) is 12.6. The van der Waals surface area contributed by atoms with Crippen molar-refractivity contribution in [1.82, 2.24) is 14.9 Å². The van der Waals surface area contributed by atoms with E-state index in [4.69, 9.17) is 0 Å². The number of hydrogen-bond acceptors (Lipinski definition) is 9. The number of allylic oxidation sites excluding steroid dienone is 1. The Bertz CT molecular complexity index is 1140. The van der Waals surface area contributed by atoms with Gasteiger partial charge in [-0.1, -0.05) is 12.1 Å². The van der Waals surface area contributed by atoms with Gasteiger partial charge in [0.15, 0.2) is 0 Å². The second kappa shape index (κ2) is 9.36. The maximum atomic E-state index is 12.5. The highest BCUT2D eigenvalue weighted by atomic mass is 32.3. The van der Waals surface area contributed by atoms with Crippen LogP contribution >= 0.6 is 10.6 Å². The number of fused-ring (bicyclic) bond motifs is 1. The average molecular weight is 470 g/mol. The molecule has 0 radical (unpaired) electrons. The second-order valence-electron chi connectivity index (χ2n) is 7.98. The number of benzene rings is 1. The minimum atomic E-state index is -2.51. The molecule has 2 aromatic rings. The molecule has 1 fully saturated rings. The zero-order valence-corrected chi connectivity index (χ0v) is 19.4. The third kappa shape index (κ3) is 4.94. The predicted molar refractivity (Wildman–Crippen MR) is 130 cm³/mol. The van der Waals surface area contributed by atoms with Crippen LogP contribution in [0.2, 0.25) is 0 Å². The number of aromatic nitrogens is 2. The van der Waals surface area contributed by atoms with Crippen molar-refractivity contribution >= 4 is 39.4 Å². The summed E-state index contributed by atoms with van der Waals surface area (Å²) in [6.07, 6.45) is 1.59. The number of nitrogens with one attached hydrogen (secondary N) is 2. The molecule has 1 amide bonds. The maximum Gasteiger partial charge on any atom is 0.240 e. The van der Waals surface area contributed by atoms with Crippen molar-refractivity contribution in [3.05, 3.63) is 47.5 Å². The molecule has 1 saturated heterocycles. The molecular formula is C22H27N7O3S. The van der Waals surface area contributed by atoms with Crippen molar-refractivity contribution in [3.63, 3.8) is 0 Å². The molecule has 1 aromatic heterocycles. The Labute approximate surface area is 194 Å². The summed E-state index contributed by atoms with van der Waals surface area (Å²) in [5, 5.41) is 16.0. The fourth-order valence-electron chi connectivity index (χ4n) is 3.92. The van der Waals surface area contributed by atoms with Crippen LogP contribution in [0, 0.1) is 18.3 Å². The molecule has 4 rings (SSSR count). The monoisotopic (exact) mass is 469 g/mol. The van der Waals surface area contributed by atoms with E-state index in [9.17, 15) is 19.2 Å². The average Bonchev–Trinajstić information content (AvgIpc) is 3.16. The summed E-state index contributed by atoms with van der Waals surface area (Å²) in [6, 6.07) is 10.1. The summed E-state index contributed by atoms with van der Waals surface area (Å²) >= 11 is 0. The van der Waals surface area contributed by atoms with Crippen molar-refractivity contribution in [2.75, 3.05) is 53.2 Å². The molecule has 11 heteroatoms. The summed E-state index contributed by atoms with van der Waals surface area (Å²) < 4.78 is 19.5. The van der Waals surface area contributed by atoms with E-state index in [1.54, 1.807) is 6.20 Å². The van der Waals surface area contributed by atoms with Gasteiger partial charge in [0.2, 0.25) is 11.9 Å². The molecule has 0 bridgehead atoms. The minimum absolute atomic E-state index is 0.106. The minimum Gasteiger partial charge on any atom is -0.339 e. The van der Waals surface area contributed by atoms with E-state index in [0.29, 0.717) is 42.3 Å². The molecule has 174 valence electrons. The lowest BCUT2D eigenvalue weighted by Crippen LogP contribution is -2.42. The van der Waals surface area contributed by atoms with Crippen LogP contribution in [0.3, 0.4) is 0 Å². The first kappa shape index (κ1) is 23.0. The van der Waals surface area contributed by atoms with Crippen molar-refractivity contribution in [3.8, 4) is 6.07 Å². The molecule has 4 N–H and O–H groups in total. The molecule has 2 aliphatic heterocycles. The summed E-state index contributed by atoms with van der Waals surface area (Å²) in [4.78, 5) is 25.1. The summed E-state index contributed by atoms with van der Waals surface area (Å²) in [6.45, 7) is 5.49. The van der Waals surface area contributed by atoms with E-state index in [-0.39, 0.29) is 29.9 Å². The topological polar surface area (TPSA) is 138 Å². The number of carbonyl (C=O) groups excluding carboxylic acids is 1. The molecule has 0 saturated carbocycles. The lowest BCUT2D eigenvalue weighted by molar-refractivity contribution is -0.117. The summed E-state index contributed by atoms with van der Waals surface area (Å²) in [5.74, 6) is 1.01. The molecule has 0 unspecified atom stereocenters. The second-order valence-corrected chi connectivity index (χ2v) is 10.4. The number of amides is 1. The number of hydrogen-bond donors (Lipinski definition) is 4. The molecule has 0 spiro atoms. The first-order valence-electron chi connectivity index (χ1n) is 10.7. The van der Waals surface area contributed by atoms with E-state index in [1.165, 1.54) is 0 Å². The van der Waals surface area contributed by atoms with Crippen molar-refractivity contribution in [2.45, 2.75) is 13.8 Å². The van der Waals surface area contributed by atoms with Gasteiger partial charge in [-0.25, -0.2) is 9.97 Å². The third-order valence-corrected chi connectivity index (χ3v) is 7.35. The van der Waals surface area contributed by atoms with Crippen LogP contribution in [-0.4, -0.2) is 67.6 Å². The van der Waals surface area contributed by atoms with Gasteiger partial charge in [-0.3, -0.25) is 24.1 Å². The zero-order chi connectivity index (χ0) is 23.6. The van der Waals surface area contributed by atoms with E-state index >= 15 is 0 Å². The van der Waals surface area contributed by atoms with E-state index in [2.05, 4.69) is 26.7 Å². The molecule has 0 atom stereocenters. The number of nitriles is 1. The van der Waals surface area contributed by atoms with Gasteiger partial charge in [-0.05, 0) is 31.5 Å². The van der Waals surface area contributed by atoms with Crippen LogP contribution in [-0.2, 0) is 4.79 Å². The van der Waals surface area contributed by atoms with E-state index in [1.807, 2.05) is 47.9 Å². The number of rotatable bonds is 5. The van der Waals surface area contributed by atoms with Gasteiger partial charge in [-0.2, -0.15) is 15.9 Å². The fourth-order valence-corrected chi connectivity index (χ4v) is 5.22. The molecule has 3 heterocycles. The van der Waals surface area contributed by atoms with Gasteiger partial charge in [0, 0.05) is 25.8 Å². The molecule has 2 aliphatic rings. The lowest BCUT2D eigenvalue weighted by atomic mass is 10.1. The Morgan fingerprint density at radius 3 is 2.73 bits per heavy atom. The number of nitrogens with zero attached hydrogens (tertiary/aromatic N) is 5. The van der Waals surface area contributed by atoms with Gasteiger partial charge >= 0.3 is 0 Å². The molecule has 33 heavy (non-hydrogen) atoms. The SMILES string of the molecule is CCN1C(=C(C#N)c2nc(NC(=O)CN3CCS(O)(O)CC3)ncc2C)Nc2ccccc21. The highest BCUT2D eigenvalue weighted by Crippen LogP contribution is 2.40. The Balaban J connectivity index is 1.55. The molecule has 0 aliphatic carbocycles. The standard InChI is InChI=1S/C22H27N7O3S/c1-3-29-18-7-5-4-6-17(18)25-21(29)16(12-23)20-15(2)13-24-22(27-20)26-19(30)14-28-8-10-33(31,32)11-9-28/h4-7,13,25,31-32H,3,8-11,14H2,1-2H3,(H,24,26,27,30). The normalized spacial score (nSPS) is 19.8. The highest BCUT2D eigenvalue weighted by Gasteiger charge is 2.28. The van der Waals surface area contributed by atoms with Gasteiger partial charge < -0.3 is 10.2 Å². The van der Waals surface area contributed by atoms with Gasteiger partial charge in [0.25, 0.3) is 0 Å². The maximum absolute atomic E-state index is 12.5. The molecular weight excluding hydrogens is 442 g/mol. The largest absolute Gasteiger partial charge is 0.339 e. The summed E-state index contributed by atoms with van der Waals surface area (Å²) in [7, 11) is -2.51. The predicted octanol–water partition coefficient (Wildman–Crippen LogP) is 2.93. The lowest BCUT2D eigenvalue weighted by Gasteiger charge is -2.40. The number of anilines is 3. The first-order chi connectivity index (χ1) is 15.8. The number of carbonyl (C=O) groups is 1. The van der Waals surface area contributed by atoms with Crippen LogP contribution in [0.4, 0.5) is 17.3 Å². The van der Waals surface area contributed by atoms with E-state index < -0.39 is 10.6 Å². The smallest absolute Gasteiger partial charge is 0.240 e. The fraction of sp³-hybridized carbons (Fsp3) is 0.364. The number of aryl methyl sites for hydroxylation is 1. The Morgan fingerprint density at radius 1 is 1.30 bits per heavy atom. The van der Waals surface area contributed by atoms with Crippen LogP contribution in [0.15, 0.2) is 36.3 Å².